The monoisotopic (exact) mass is 524 g/mol. The summed E-state index contributed by atoms with van der Waals surface area (Å²) in [5, 5.41) is 23.3. The van der Waals surface area contributed by atoms with Gasteiger partial charge in [-0.15, -0.1) is 0 Å². The van der Waals surface area contributed by atoms with Crippen molar-refractivity contribution < 1.29 is 24.5 Å². The Bertz CT molecular complexity index is 1680. The number of carboxylic acids is 1. The molecule has 0 aliphatic heterocycles. The van der Waals surface area contributed by atoms with Crippen molar-refractivity contribution in [3.8, 4) is 28.1 Å². The number of carboxylic acid groups (broad SMARTS) is 1. The number of amides is 1. The number of aliphatic hydroxyl groups excluding tert-OH is 1. The number of aromatic amines is 1. The van der Waals surface area contributed by atoms with Crippen LogP contribution in [0.2, 0.25) is 0 Å². The summed E-state index contributed by atoms with van der Waals surface area (Å²) >= 11 is 0. The van der Waals surface area contributed by atoms with E-state index in [2.05, 4.69) is 15.4 Å². The minimum atomic E-state index is -1.49. The van der Waals surface area contributed by atoms with Crippen molar-refractivity contribution >= 4 is 17.5 Å². The second kappa shape index (κ2) is 11.0. The molecule has 0 aliphatic carbocycles. The predicted octanol–water partition coefficient (Wildman–Crippen LogP) is 3.11. The van der Waals surface area contributed by atoms with E-state index in [-0.39, 0.29) is 11.3 Å². The lowest BCUT2D eigenvalue weighted by Gasteiger charge is -2.11. The SMILES string of the molecule is O=C(NC(CO)C(=O)O)c1cc2nc(-c3ccc(OCc4ccccc4)cc3)c(-c3ccccc3)c(=O)n2[nH]1. The van der Waals surface area contributed by atoms with Crippen molar-refractivity contribution in [2.75, 3.05) is 6.61 Å². The third kappa shape index (κ3) is 5.41. The Hall–Kier alpha value is -5.22. The van der Waals surface area contributed by atoms with Crippen LogP contribution in [0.1, 0.15) is 16.1 Å². The normalized spacial score (nSPS) is 11.7. The first kappa shape index (κ1) is 25.4. The van der Waals surface area contributed by atoms with E-state index < -0.39 is 30.1 Å². The van der Waals surface area contributed by atoms with Crippen molar-refractivity contribution in [2.45, 2.75) is 12.6 Å². The molecule has 196 valence electrons. The van der Waals surface area contributed by atoms with Gasteiger partial charge in [-0.2, -0.15) is 0 Å². The fourth-order valence-electron chi connectivity index (χ4n) is 4.09. The number of fused-ring (bicyclic) bond motifs is 1. The lowest BCUT2D eigenvalue weighted by atomic mass is 10.0. The number of carbonyl (C=O) groups excluding carboxylic acids is 1. The summed E-state index contributed by atoms with van der Waals surface area (Å²) in [6.07, 6.45) is 0. The average Bonchev–Trinajstić information content (AvgIpc) is 3.41. The second-order valence-corrected chi connectivity index (χ2v) is 8.72. The van der Waals surface area contributed by atoms with Crippen molar-refractivity contribution in [1.82, 2.24) is 19.9 Å². The van der Waals surface area contributed by atoms with Crippen LogP contribution in [0.25, 0.3) is 28.0 Å². The molecular formula is C29H24N4O6. The molecule has 2 heterocycles. The standard InChI is InChI=1S/C29H24N4O6/c34-16-23(29(37)38)30-27(35)22-15-24-31-26(25(28(36)33(24)32-22)19-9-5-2-6-10-19)20-11-13-21(14-12-20)39-17-18-7-3-1-4-8-18/h1-15,23,32,34H,16-17H2,(H,30,35)(H,37,38). The molecule has 1 unspecified atom stereocenters. The summed E-state index contributed by atoms with van der Waals surface area (Å²) in [7, 11) is 0. The van der Waals surface area contributed by atoms with Crippen LogP contribution in [0, 0.1) is 0 Å². The van der Waals surface area contributed by atoms with E-state index in [9.17, 15) is 19.5 Å². The van der Waals surface area contributed by atoms with Gasteiger partial charge < -0.3 is 20.3 Å². The number of nitrogens with one attached hydrogen (secondary N) is 2. The largest absolute Gasteiger partial charge is 0.489 e. The van der Waals surface area contributed by atoms with Gasteiger partial charge in [-0.25, -0.2) is 14.3 Å². The summed E-state index contributed by atoms with van der Waals surface area (Å²) < 4.78 is 7.02. The number of ether oxygens (including phenoxy) is 1. The predicted molar refractivity (Wildman–Crippen MR) is 143 cm³/mol. The summed E-state index contributed by atoms with van der Waals surface area (Å²) in [4.78, 5) is 42.2. The Morgan fingerprint density at radius 3 is 2.26 bits per heavy atom. The minimum Gasteiger partial charge on any atom is -0.489 e. The first-order valence-electron chi connectivity index (χ1n) is 12.1. The van der Waals surface area contributed by atoms with Gasteiger partial charge in [0.2, 0.25) is 0 Å². The smallest absolute Gasteiger partial charge is 0.328 e. The Morgan fingerprint density at radius 1 is 0.949 bits per heavy atom. The lowest BCUT2D eigenvalue weighted by Crippen LogP contribution is -2.43. The third-order valence-corrected chi connectivity index (χ3v) is 6.08. The molecule has 10 nitrogen and oxygen atoms in total. The van der Waals surface area contributed by atoms with Gasteiger partial charge in [0.05, 0.1) is 17.9 Å². The maximum absolute atomic E-state index is 13.7. The summed E-state index contributed by atoms with van der Waals surface area (Å²) in [6, 6.07) is 25.9. The average molecular weight is 525 g/mol. The van der Waals surface area contributed by atoms with Crippen LogP contribution in [0.5, 0.6) is 5.75 Å². The second-order valence-electron chi connectivity index (χ2n) is 8.72. The first-order valence-corrected chi connectivity index (χ1v) is 12.1. The Balaban J connectivity index is 1.53. The van der Waals surface area contributed by atoms with Crippen LogP contribution >= 0.6 is 0 Å². The number of aromatic nitrogens is 3. The molecule has 10 heteroatoms. The Morgan fingerprint density at radius 2 is 1.62 bits per heavy atom. The maximum atomic E-state index is 13.7. The van der Waals surface area contributed by atoms with Crippen molar-refractivity contribution in [2.24, 2.45) is 0 Å². The van der Waals surface area contributed by atoms with Gasteiger partial charge in [0, 0.05) is 11.6 Å². The summed E-state index contributed by atoms with van der Waals surface area (Å²) in [5.41, 5.74) is 2.70. The minimum absolute atomic E-state index is 0.0832. The Labute approximate surface area is 222 Å². The number of hydrogen-bond acceptors (Lipinski definition) is 6. The highest BCUT2D eigenvalue weighted by molar-refractivity contribution is 5.96. The van der Waals surface area contributed by atoms with E-state index in [1.807, 2.05) is 60.7 Å². The topological polar surface area (TPSA) is 146 Å². The molecule has 0 saturated heterocycles. The fraction of sp³-hybridized carbons (Fsp3) is 0.103. The number of H-pyrrole nitrogens is 1. The van der Waals surface area contributed by atoms with Crippen LogP contribution in [-0.4, -0.2) is 49.3 Å². The van der Waals surface area contributed by atoms with E-state index in [4.69, 9.17) is 9.84 Å². The highest BCUT2D eigenvalue weighted by Gasteiger charge is 2.23. The molecule has 4 N–H and O–H groups in total. The molecule has 0 aliphatic rings. The van der Waals surface area contributed by atoms with Crippen LogP contribution < -0.4 is 15.6 Å². The van der Waals surface area contributed by atoms with Crippen molar-refractivity contribution in [1.29, 1.82) is 0 Å². The van der Waals surface area contributed by atoms with E-state index >= 15 is 0 Å². The van der Waals surface area contributed by atoms with Crippen LogP contribution in [0.4, 0.5) is 0 Å². The summed E-state index contributed by atoms with van der Waals surface area (Å²) in [5.74, 6) is -1.54. The molecule has 0 bridgehead atoms. The van der Waals surface area contributed by atoms with Crippen molar-refractivity contribution in [3.05, 3.63) is 113 Å². The Kier molecular flexibility index (Phi) is 7.19. The quantitative estimate of drug-likeness (QED) is 0.232. The zero-order valence-electron chi connectivity index (χ0n) is 20.6. The number of hydrogen-bond donors (Lipinski definition) is 4. The molecule has 5 aromatic rings. The van der Waals surface area contributed by atoms with E-state index in [0.29, 0.717) is 34.7 Å². The molecule has 0 radical (unpaired) electrons. The number of carbonyl (C=O) groups is 2. The van der Waals surface area contributed by atoms with Gasteiger partial charge in [0.15, 0.2) is 11.7 Å². The maximum Gasteiger partial charge on any atom is 0.328 e. The van der Waals surface area contributed by atoms with Gasteiger partial charge in [-0.1, -0.05) is 60.7 Å². The van der Waals surface area contributed by atoms with E-state index in [1.54, 1.807) is 24.3 Å². The fourth-order valence-corrected chi connectivity index (χ4v) is 4.09. The van der Waals surface area contributed by atoms with Crippen molar-refractivity contribution in [3.63, 3.8) is 0 Å². The molecule has 5 rings (SSSR count). The van der Waals surface area contributed by atoms with Gasteiger partial charge >= 0.3 is 5.97 Å². The molecule has 39 heavy (non-hydrogen) atoms. The molecular weight excluding hydrogens is 500 g/mol. The van der Waals surface area contributed by atoms with Crippen LogP contribution in [-0.2, 0) is 11.4 Å². The van der Waals surface area contributed by atoms with E-state index in [1.165, 1.54) is 6.07 Å². The zero-order chi connectivity index (χ0) is 27.4. The molecule has 0 spiro atoms. The van der Waals surface area contributed by atoms with E-state index in [0.717, 1.165) is 10.1 Å². The first-order chi connectivity index (χ1) is 18.9. The van der Waals surface area contributed by atoms with Gasteiger partial charge in [-0.05, 0) is 35.4 Å². The molecule has 2 aromatic heterocycles. The molecule has 3 aromatic carbocycles. The highest BCUT2D eigenvalue weighted by atomic mass is 16.5. The number of aliphatic hydroxyl groups is 1. The number of benzene rings is 3. The molecule has 0 saturated carbocycles. The third-order valence-electron chi connectivity index (χ3n) is 6.08. The number of rotatable bonds is 9. The van der Waals surface area contributed by atoms with Gasteiger partial charge in [0.25, 0.3) is 11.5 Å². The van der Waals surface area contributed by atoms with Gasteiger partial charge in [0.1, 0.15) is 18.1 Å². The molecule has 1 amide bonds. The number of aliphatic carboxylic acids is 1. The number of nitrogens with zero attached hydrogens (tertiary/aromatic N) is 2. The highest BCUT2D eigenvalue weighted by Crippen LogP contribution is 2.30. The van der Waals surface area contributed by atoms with Crippen LogP contribution in [0.15, 0.2) is 95.8 Å². The van der Waals surface area contributed by atoms with Crippen LogP contribution in [0.3, 0.4) is 0 Å². The molecule has 1 atom stereocenters. The summed E-state index contributed by atoms with van der Waals surface area (Å²) in [6.45, 7) is -0.374. The van der Waals surface area contributed by atoms with Gasteiger partial charge in [-0.3, -0.25) is 14.7 Å². The molecule has 0 fully saturated rings. The lowest BCUT2D eigenvalue weighted by molar-refractivity contribution is -0.140. The zero-order valence-corrected chi connectivity index (χ0v) is 20.6.